The van der Waals surface area contributed by atoms with Crippen LogP contribution in [0.5, 0.6) is 0 Å². The van der Waals surface area contributed by atoms with Gasteiger partial charge in [-0.15, -0.1) is 0 Å². The van der Waals surface area contributed by atoms with E-state index in [0.29, 0.717) is 0 Å². The first kappa shape index (κ1) is 12.1. The van der Waals surface area contributed by atoms with Gasteiger partial charge in [0.1, 0.15) is 0 Å². The van der Waals surface area contributed by atoms with E-state index in [9.17, 15) is 12.8 Å². The Morgan fingerprint density at radius 1 is 1.47 bits per heavy atom. The highest BCUT2D eigenvalue weighted by Crippen LogP contribution is 2.16. The first-order chi connectivity index (χ1) is 6.87. The SMILES string of the molecule is CC(C)N(C)S(=O)(=O)c1ncccc1F. The first-order valence-corrected chi connectivity index (χ1v) is 5.90. The molecular weight excluding hydrogens is 219 g/mol. The molecule has 0 aliphatic heterocycles. The zero-order valence-electron chi connectivity index (χ0n) is 8.81. The summed E-state index contributed by atoms with van der Waals surface area (Å²) in [6.45, 7) is 3.41. The van der Waals surface area contributed by atoms with Crippen LogP contribution in [0.4, 0.5) is 4.39 Å². The van der Waals surface area contributed by atoms with Gasteiger partial charge in [0, 0.05) is 19.3 Å². The zero-order chi connectivity index (χ0) is 11.6. The van der Waals surface area contributed by atoms with Gasteiger partial charge in [-0.2, -0.15) is 4.31 Å². The van der Waals surface area contributed by atoms with E-state index in [4.69, 9.17) is 0 Å². The highest BCUT2D eigenvalue weighted by molar-refractivity contribution is 7.89. The second kappa shape index (κ2) is 4.24. The van der Waals surface area contributed by atoms with Gasteiger partial charge in [-0.25, -0.2) is 17.8 Å². The highest BCUT2D eigenvalue weighted by Gasteiger charge is 2.27. The molecule has 0 saturated heterocycles. The van der Waals surface area contributed by atoms with Gasteiger partial charge >= 0.3 is 0 Å². The molecule has 0 atom stereocenters. The number of halogens is 1. The van der Waals surface area contributed by atoms with Crippen LogP contribution in [-0.4, -0.2) is 30.8 Å². The van der Waals surface area contributed by atoms with Gasteiger partial charge in [-0.3, -0.25) is 0 Å². The van der Waals surface area contributed by atoms with Crippen LogP contribution < -0.4 is 0 Å². The fourth-order valence-electron chi connectivity index (χ4n) is 0.975. The molecule has 0 aliphatic carbocycles. The third-order valence-electron chi connectivity index (χ3n) is 2.08. The molecule has 0 radical (unpaired) electrons. The van der Waals surface area contributed by atoms with E-state index in [1.54, 1.807) is 13.8 Å². The molecule has 4 nitrogen and oxygen atoms in total. The molecule has 1 aromatic heterocycles. The van der Waals surface area contributed by atoms with Crippen LogP contribution in [0.2, 0.25) is 0 Å². The van der Waals surface area contributed by atoms with Crippen molar-refractivity contribution in [1.82, 2.24) is 9.29 Å². The molecule has 0 N–H and O–H groups in total. The predicted octanol–water partition coefficient (Wildman–Crippen LogP) is 1.25. The summed E-state index contributed by atoms with van der Waals surface area (Å²) in [6.07, 6.45) is 1.25. The molecule has 0 unspecified atom stereocenters. The van der Waals surface area contributed by atoms with Gasteiger partial charge < -0.3 is 0 Å². The number of nitrogens with zero attached hydrogens (tertiary/aromatic N) is 2. The predicted molar refractivity (Wildman–Crippen MR) is 54.3 cm³/mol. The van der Waals surface area contributed by atoms with Gasteiger partial charge in [0.2, 0.25) is 5.03 Å². The molecular formula is C9H13FN2O2S. The Morgan fingerprint density at radius 2 is 2.07 bits per heavy atom. The maximum Gasteiger partial charge on any atom is 0.263 e. The Kier molecular flexibility index (Phi) is 3.41. The summed E-state index contributed by atoms with van der Waals surface area (Å²) < 4.78 is 38.0. The summed E-state index contributed by atoms with van der Waals surface area (Å²) in [5, 5.41) is -0.527. The molecule has 0 aliphatic rings. The fraction of sp³-hybridized carbons (Fsp3) is 0.444. The average Bonchev–Trinajstić information content (AvgIpc) is 2.16. The van der Waals surface area contributed by atoms with Gasteiger partial charge in [0.15, 0.2) is 5.82 Å². The number of rotatable bonds is 3. The lowest BCUT2D eigenvalue weighted by molar-refractivity contribution is 0.404. The van der Waals surface area contributed by atoms with Gasteiger partial charge in [-0.05, 0) is 26.0 Å². The minimum atomic E-state index is -3.82. The second-order valence-electron chi connectivity index (χ2n) is 3.41. The van der Waals surface area contributed by atoms with Crippen LogP contribution in [0.1, 0.15) is 13.8 Å². The average molecular weight is 232 g/mol. The standard InChI is InChI=1S/C9H13FN2O2S/c1-7(2)12(3)15(13,14)9-8(10)5-4-6-11-9/h4-7H,1-3H3. The van der Waals surface area contributed by atoms with Crippen LogP contribution in [-0.2, 0) is 10.0 Å². The zero-order valence-corrected chi connectivity index (χ0v) is 9.62. The lowest BCUT2D eigenvalue weighted by Gasteiger charge is -2.20. The Hall–Kier alpha value is -1.01. The molecule has 15 heavy (non-hydrogen) atoms. The normalized spacial score (nSPS) is 12.4. The monoisotopic (exact) mass is 232 g/mol. The Labute approximate surface area is 88.8 Å². The lowest BCUT2D eigenvalue weighted by atomic mass is 10.4. The summed E-state index contributed by atoms with van der Waals surface area (Å²) in [5.74, 6) is -0.829. The quantitative estimate of drug-likeness (QED) is 0.788. The van der Waals surface area contributed by atoms with E-state index in [1.807, 2.05) is 0 Å². The summed E-state index contributed by atoms with van der Waals surface area (Å²) in [6, 6.07) is 2.19. The van der Waals surface area contributed by atoms with E-state index in [-0.39, 0.29) is 6.04 Å². The van der Waals surface area contributed by atoms with Crippen LogP contribution in [0.25, 0.3) is 0 Å². The summed E-state index contributed by atoms with van der Waals surface area (Å²) in [5.41, 5.74) is 0. The van der Waals surface area contributed by atoms with Crippen molar-refractivity contribution in [2.24, 2.45) is 0 Å². The van der Waals surface area contributed by atoms with Crippen molar-refractivity contribution in [3.8, 4) is 0 Å². The molecule has 0 spiro atoms. The Bertz CT molecular complexity index is 445. The number of pyridine rings is 1. The molecule has 84 valence electrons. The molecule has 1 heterocycles. The van der Waals surface area contributed by atoms with E-state index in [1.165, 1.54) is 19.3 Å². The van der Waals surface area contributed by atoms with Crippen molar-refractivity contribution in [3.05, 3.63) is 24.1 Å². The molecule has 1 aromatic rings. The van der Waals surface area contributed by atoms with Gasteiger partial charge in [0.25, 0.3) is 10.0 Å². The highest BCUT2D eigenvalue weighted by atomic mass is 32.2. The maximum absolute atomic E-state index is 13.2. The van der Waals surface area contributed by atoms with E-state index >= 15 is 0 Å². The Morgan fingerprint density at radius 3 is 2.53 bits per heavy atom. The van der Waals surface area contributed by atoms with Gasteiger partial charge in [-0.1, -0.05) is 0 Å². The third-order valence-corrected chi connectivity index (χ3v) is 4.04. The van der Waals surface area contributed by atoms with E-state index in [2.05, 4.69) is 4.98 Å². The van der Waals surface area contributed by atoms with E-state index in [0.717, 1.165) is 10.4 Å². The number of hydrogen-bond acceptors (Lipinski definition) is 3. The van der Waals surface area contributed by atoms with Crippen molar-refractivity contribution in [2.75, 3.05) is 7.05 Å². The van der Waals surface area contributed by atoms with Crippen molar-refractivity contribution >= 4 is 10.0 Å². The molecule has 0 fully saturated rings. The number of sulfonamides is 1. The fourth-order valence-corrected chi connectivity index (χ4v) is 2.31. The van der Waals surface area contributed by atoms with Gasteiger partial charge in [0.05, 0.1) is 0 Å². The largest absolute Gasteiger partial charge is 0.263 e. The van der Waals surface area contributed by atoms with Crippen LogP contribution >= 0.6 is 0 Å². The number of hydrogen-bond donors (Lipinski definition) is 0. The topological polar surface area (TPSA) is 50.3 Å². The molecule has 1 rings (SSSR count). The summed E-state index contributed by atoms with van der Waals surface area (Å²) in [7, 11) is -2.42. The van der Waals surface area contributed by atoms with Crippen LogP contribution in [0.3, 0.4) is 0 Å². The van der Waals surface area contributed by atoms with Crippen LogP contribution in [0, 0.1) is 5.82 Å². The number of aromatic nitrogens is 1. The van der Waals surface area contributed by atoms with Crippen molar-refractivity contribution < 1.29 is 12.8 Å². The third kappa shape index (κ3) is 2.32. The molecule has 0 aromatic carbocycles. The molecule has 0 amide bonds. The first-order valence-electron chi connectivity index (χ1n) is 4.46. The second-order valence-corrected chi connectivity index (χ2v) is 5.32. The lowest BCUT2D eigenvalue weighted by Crippen LogP contribution is -2.34. The molecule has 0 saturated carbocycles. The smallest absolute Gasteiger partial charge is 0.241 e. The van der Waals surface area contributed by atoms with Crippen molar-refractivity contribution in [3.63, 3.8) is 0 Å². The summed E-state index contributed by atoms with van der Waals surface area (Å²) >= 11 is 0. The minimum Gasteiger partial charge on any atom is -0.241 e. The minimum absolute atomic E-state index is 0.239. The Balaban J connectivity index is 3.24. The maximum atomic E-state index is 13.2. The molecule has 0 bridgehead atoms. The van der Waals surface area contributed by atoms with E-state index < -0.39 is 20.9 Å². The van der Waals surface area contributed by atoms with Crippen molar-refractivity contribution in [1.29, 1.82) is 0 Å². The summed E-state index contributed by atoms with van der Waals surface area (Å²) in [4.78, 5) is 3.55. The van der Waals surface area contributed by atoms with Crippen LogP contribution in [0.15, 0.2) is 23.4 Å². The van der Waals surface area contributed by atoms with Crippen molar-refractivity contribution in [2.45, 2.75) is 24.9 Å². The molecule has 6 heteroatoms.